The Morgan fingerprint density at radius 2 is 1.63 bits per heavy atom. The number of carbonyl (C=O) groups excluding carboxylic acids is 2. The van der Waals surface area contributed by atoms with E-state index in [9.17, 15) is 9.59 Å². The third-order valence-electron chi connectivity index (χ3n) is 4.91. The molecule has 0 heterocycles. The molecule has 6 nitrogen and oxygen atoms in total. The zero-order valence-electron chi connectivity index (χ0n) is 18.7. The van der Waals surface area contributed by atoms with E-state index < -0.39 is 12.0 Å². The quantitative estimate of drug-likeness (QED) is 0.305. The molecule has 1 N–H and O–H groups in total. The van der Waals surface area contributed by atoms with Gasteiger partial charge in [-0.25, -0.2) is 4.79 Å². The summed E-state index contributed by atoms with van der Waals surface area (Å²) in [5, 5.41) is 2.65. The van der Waals surface area contributed by atoms with Crippen LogP contribution in [0.25, 0.3) is 6.08 Å². The second kappa shape index (κ2) is 15.4. The minimum absolute atomic E-state index is 0.0938. The maximum Gasteiger partial charge on any atom is 0.328 e. The van der Waals surface area contributed by atoms with Crippen molar-refractivity contribution in [3.8, 4) is 11.5 Å². The number of rotatable bonds is 16. The predicted molar refractivity (Wildman–Crippen MR) is 120 cm³/mol. The minimum atomic E-state index is -0.584. The van der Waals surface area contributed by atoms with Gasteiger partial charge in [-0.15, -0.1) is 0 Å². The van der Waals surface area contributed by atoms with Gasteiger partial charge in [0.15, 0.2) is 11.5 Å². The third kappa shape index (κ3) is 10.3. The maximum atomic E-state index is 11.7. The van der Waals surface area contributed by atoms with Crippen molar-refractivity contribution in [2.24, 2.45) is 0 Å². The second-order valence-corrected chi connectivity index (χ2v) is 7.35. The summed E-state index contributed by atoms with van der Waals surface area (Å²) >= 11 is 0. The molecule has 1 atom stereocenters. The van der Waals surface area contributed by atoms with Crippen LogP contribution in [0.15, 0.2) is 24.8 Å². The van der Waals surface area contributed by atoms with Crippen LogP contribution in [0.4, 0.5) is 0 Å². The number of hydrogen-bond donors (Lipinski definition) is 1. The Morgan fingerprint density at radius 3 is 2.23 bits per heavy atom. The van der Waals surface area contributed by atoms with Crippen molar-refractivity contribution in [2.75, 3.05) is 20.8 Å². The molecule has 1 amide bonds. The summed E-state index contributed by atoms with van der Waals surface area (Å²) < 4.78 is 15.8. The number of unbranched alkanes of at least 4 members (excludes halogenated alkanes) is 7. The number of benzene rings is 1. The largest absolute Gasteiger partial charge is 0.493 e. The van der Waals surface area contributed by atoms with E-state index in [1.54, 1.807) is 20.1 Å². The lowest BCUT2D eigenvalue weighted by molar-refractivity contribution is -0.144. The van der Waals surface area contributed by atoms with Crippen LogP contribution in [0.2, 0.25) is 0 Å². The monoisotopic (exact) mass is 419 g/mol. The highest BCUT2D eigenvalue weighted by Gasteiger charge is 2.15. The molecule has 0 bridgehead atoms. The number of carbonyl (C=O) groups is 2. The SMILES string of the molecule is C=Cc1ccc(OCCCCCCCCCCC(=O)NC(C)C(=O)OC)c(OC)c1. The zero-order valence-corrected chi connectivity index (χ0v) is 18.7. The van der Waals surface area contributed by atoms with Crippen molar-refractivity contribution in [2.45, 2.75) is 70.8 Å². The number of methoxy groups -OCH3 is 2. The van der Waals surface area contributed by atoms with Crippen LogP contribution in [0, 0.1) is 0 Å². The molecule has 1 unspecified atom stereocenters. The van der Waals surface area contributed by atoms with Crippen LogP contribution in [0.5, 0.6) is 11.5 Å². The lowest BCUT2D eigenvalue weighted by Crippen LogP contribution is -2.38. The van der Waals surface area contributed by atoms with Crippen LogP contribution in [-0.2, 0) is 14.3 Å². The minimum Gasteiger partial charge on any atom is -0.493 e. The van der Waals surface area contributed by atoms with Gasteiger partial charge in [0.2, 0.25) is 5.91 Å². The van der Waals surface area contributed by atoms with Crippen LogP contribution < -0.4 is 14.8 Å². The first-order chi connectivity index (χ1) is 14.5. The topological polar surface area (TPSA) is 73.9 Å². The molecule has 30 heavy (non-hydrogen) atoms. The van der Waals surface area contributed by atoms with Crippen molar-refractivity contribution >= 4 is 18.0 Å². The van der Waals surface area contributed by atoms with Crippen LogP contribution in [0.1, 0.15) is 70.3 Å². The van der Waals surface area contributed by atoms with Crippen molar-refractivity contribution in [3.63, 3.8) is 0 Å². The molecular weight excluding hydrogens is 382 g/mol. The van der Waals surface area contributed by atoms with Crippen molar-refractivity contribution in [1.29, 1.82) is 0 Å². The standard InChI is InChI=1S/C24H37NO5/c1-5-20-15-16-21(22(18-20)28-3)30-17-13-11-9-7-6-8-10-12-14-23(26)25-19(2)24(27)29-4/h5,15-16,18-19H,1,6-14,17H2,2-4H3,(H,25,26). The Labute approximate surface area is 181 Å². The Bertz CT molecular complexity index is 659. The van der Waals surface area contributed by atoms with Crippen molar-refractivity contribution in [3.05, 3.63) is 30.3 Å². The van der Waals surface area contributed by atoms with Crippen LogP contribution in [-0.4, -0.2) is 38.7 Å². The number of nitrogens with one attached hydrogen (secondary N) is 1. The van der Waals surface area contributed by atoms with E-state index in [1.807, 2.05) is 18.2 Å². The van der Waals surface area contributed by atoms with Gasteiger partial charge in [0.05, 0.1) is 20.8 Å². The molecule has 1 aromatic carbocycles. The van der Waals surface area contributed by atoms with Gasteiger partial charge in [-0.2, -0.15) is 0 Å². The molecule has 0 aliphatic heterocycles. The molecule has 6 heteroatoms. The second-order valence-electron chi connectivity index (χ2n) is 7.35. The van der Waals surface area contributed by atoms with Gasteiger partial charge in [0.25, 0.3) is 0 Å². The fourth-order valence-electron chi connectivity index (χ4n) is 3.11. The van der Waals surface area contributed by atoms with Gasteiger partial charge >= 0.3 is 5.97 Å². The van der Waals surface area contributed by atoms with E-state index in [0.717, 1.165) is 49.2 Å². The van der Waals surface area contributed by atoms with Crippen molar-refractivity contribution < 1.29 is 23.8 Å². The summed E-state index contributed by atoms with van der Waals surface area (Å²) in [5.74, 6) is 0.996. The summed E-state index contributed by atoms with van der Waals surface area (Å²) in [4.78, 5) is 23.0. The fraction of sp³-hybridized carbons (Fsp3) is 0.583. The zero-order chi connectivity index (χ0) is 22.2. The highest BCUT2D eigenvalue weighted by molar-refractivity contribution is 5.83. The lowest BCUT2D eigenvalue weighted by atomic mass is 10.1. The third-order valence-corrected chi connectivity index (χ3v) is 4.91. The molecule has 1 rings (SSSR count). The predicted octanol–water partition coefficient (Wildman–Crippen LogP) is 4.91. The summed E-state index contributed by atoms with van der Waals surface area (Å²) in [6.45, 7) is 6.07. The highest BCUT2D eigenvalue weighted by Crippen LogP contribution is 2.28. The number of ether oxygens (including phenoxy) is 3. The van der Waals surface area contributed by atoms with E-state index in [1.165, 1.54) is 26.4 Å². The average molecular weight is 420 g/mol. The molecule has 0 aromatic heterocycles. The van der Waals surface area contributed by atoms with Crippen LogP contribution in [0.3, 0.4) is 0 Å². The number of amides is 1. The number of hydrogen-bond acceptors (Lipinski definition) is 5. The van der Waals surface area contributed by atoms with Gasteiger partial charge in [0.1, 0.15) is 6.04 Å². The van der Waals surface area contributed by atoms with Gasteiger partial charge < -0.3 is 19.5 Å². The first-order valence-corrected chi connectivity index (χ1v) is 10.8. The smallest absolute Gasteiger partial charge is 0.328 e. The Kier molecular flexibility index (Phi) is 13.1. The Balaban J connectivity index is 2.00. The first-order valence-electron chi connectivity index (χ1n) is 10.8. The maximum absolute atomic E-state index is 11.7. The highest BCUT2D eigenvalue weighted by atomic mass is 16.5. The van der Waals surface area contributed by atoms with E-state index in [0.29, 0.717) is 13.0 Å². The molecule has 1 aromatic rings. The fourth-order valence-corrected chi connectivity index (χ4v) is 3.11. The normalized spacial score (nSPS) is 11.4. The summed E-state index contributed by atoms with van der Waals surface area (Å²) in [6.07, 6.45) is 11.0. The average Bonchev–Trinajstić information content (AvgIpc) is 2.76. The van der Waals surface area contributed by atoms with Gasteiger partial charge in [-0.1, -0.05) is 57.2 Å². The van der Waals surface area contributed by atoms with E-state index in [4.69, 9.17) is 9.47 Å². The summed E-state index contributed by atoms with van der Waals surface area (Å²) in [7, 11) is 2.96. The summed E-state index contributed by atoms with van der Waals surface area (Å²) in [5.41, 5.74) is 1.01. The van der Waals surface area contributed by atoms with Crippen molar-refractivity contribution in [1.82, 2.24) is 5.32 Å². The molecule has 0 spiro atoms. The summed E-state index contributed by atoms with van der Waals surface area (Å²) in [6, 6.07) is 5.23. The Hall–Kier alpha value is -2.50. The molecule has 0 aliphatic carbocycles. The van der Waals surface area contributed by atoms with Crippen LogP contribution >= 0.6 is 0 Å². The molecular formula is C24H37NO5. The van der Waals surface area contributed by atoms with E-state index in [-0.39, 0.29) is 5.91 Å². The molecule has 0 radical (unpaired) electrons. The molecule has 0 saturated heterocycles. The first kappa shape index (κ1) is 25.5. The van der Waals surface area contributed by atoms with Gasteiger partial charge in [-0.3, -0.25) is 4.79 Å². The van der Waals surface area contributed by atoms with Gasteiger partial charge in [0, 0.05) is 6.42 Å². The molecule has 168 valence electrons. The number of esters is 1. The molecule has 0 saturated carbocycles. The van der Waals surface area contributed by atoms with Gasteiger partial charge in [-0.05, 0) is 37.5 Å². The van der Waals surface area contributed by atoms with E-state index in [2.05, 4.69) is 16.6 Å². The lowest BCUT2D eigenvalue weighted by Gasteiger charge is -2.11. The molecule has 0 fully saturated rings. The Morgan fingerprint density at radius 1 is 1.00 bits per heavy atom. The molecule has 0 aliphatic rings. The van der Waals surface area contributed by atoms with E-state index >= 15 is 0 Å².